The smallest absolute Gasteiger partial charge is 0.156 e. The molecule has 0 aromatic heterocycles. The van der Waals surface area contributed by atoms with E-state index in [0.717, 1.165) is 31.3 Å². The Morgan fingerprint density at radius 3 is 2.80 bits per heavy atom. The third-order valence-electron chi connectivity index (χ3n) is 4.09. The van der Waals surface area contributed by atoms with Crippen LogP contribution in [-0.4, -0.2) is 5.78 Å². The van der Waals surface area contributed by atoms with Gasteiger partial charge in [-0.3, -0.25) is 4.79 Å². The summed E-state index contributed by atoms with van der Waals surface area (Å²) < 4.78 is 0. The van der Waals surface area contributed by atoms with Crippen molar-refractivity contribution in [3.8, 4) is 6.07 Å². The Hall–Kier alpha value is -1.10. The van der Waals surface area contributed by atoms with Gasteiger partial charge in [-0.15, -0.1) is 0 Å². The van der Waals surface area contributed by atoms with Gasteiger partial charge in [0.25, 0.3) is 0 Å². The first-order chi connectivity index (χ1) is 7.02. The molecule has 0 aromatic carbocycles. The molecular formula is C13H17NO. The standard InChI is InChI=1S/C13H17NO/c1-12(2)8-11(15)7-10-5-3-4-6-13(10,12)9-14/h7H,3-6,8H2,1-2H3. The fraction of sp³-hybridized carbons (Fsp3) is 0.692. The third kappa shape index (κ3) is 1.33. The molecule has 2 aliphatic rings. The van der Waals surface area contributed by atoms with Gasteiger partial charge in [0.15, 0.2) is 5.78 Å². The summed E-state index contributed by atoms with van der Waals surface area (Å²) in [5, 5.41) is 9.50. The van der Waals surface area contributed by atoms with Crippen molar-refractivity contribution in [1.29, 1.82) is 5.26 Å². The molecular weight excluding hydrogens is 186 g/mol. The second-order valence-electron chi connectivity index (χ2n) is 5.42. The molecule has 1 saturated carbocycles. The maximum absolute atomic E-state index is 11.6. The predicted molar refractivity (Wildman–Crippen MR) is 58.0 cm³/mol. The number of hydrogen-bond acceptors (Lipinski definition) is 2. The van der Waals surface area contributed by atoms with E-state index < -0.39 is 0 Å². The summed E-state index contributed by atoms with van der Waals surface area (Å²) in [6.07, 6.45) is 6.36. The first kappa shape index (κ1) is 10.4. The summed E-state index contributed by atoms with van der Waals surface area (Å²) in [6, 6.07) is 2.51. The molecule has 2 nitrogen and oxygen atoms in total. The molecule has 2 aliphatic carbocycles. The minimum Gasteiger partial charge on any atom is -0.295 e. The number of allylic oxidation sites excluding steroid dienone is 2. The van der Waals surface area contributed by atoms with Gasteiger partial charge in [-0.2, -0.15) is 5.26 Å². The quantitative estimate of drug-likeness (QED) is 0.607. The predicted octanol–water partition coefficient (Wildman–Crippen LogP) is 3.00. The highest BCUT2D eigenvalue weighted by Crippen LogP contribution is 2.56. The zero-order valence-electron chi connectivity index (χ0n) is 9.47. The van der Waals surface area contributed by atoms with Crippen LogP contribution >= 0.6 is 0 Å². The van der Waals surface area contributed by atoms with Gasteiger partial charge in [0.2, 0.25) is 0 Å². The summed E-state index contributed by atoms with van der Waals surface area (Å²) >= 11 is 0. The fourth-order valence-corrected chi connectivity index (χ4v) is 3.16. The number of ketones is 1. The van der Waals surface area contributed by atoms with E-state index in [9.17, 15) is 10.1 Å². The van der Waals surface area contributed by atoms with E-state index in [-0.39, 0.29) is 16.6 Å². The van der Waals surface area contributed by atoms with Gasteiger partial charge in [0.05, 0.1) is 11.5 Å². The molecule has 0 saturated heterocycles. The number of rotatable bonds is 0. The lowest BCUT2D eigenvalue weighted by Crippen LogP contribution is -2.44. The summed E-state index contributed by atoms with van der Waals surface area (Å²) in [7, 11) is 0. The highest BCUT2D eigenvalue weighted by atomic mass is 16.1. The topological polar surface area (TPSA) is 40.9 Å². The molecule has 0 heterocycles. The highest BCUT2D eigenvalue weighted by molar-refractivity contribution is 5.92. The Labute approximate surface area is 91.0 Å². The van der Waals surface area contributed by atoms with Gasteiger partial charge in [0, 0.05) is 6.42 Å². The lowest BCUT2D eigenvalue weighted by molar-refractivity contribution is -0.119. The van der Waals surface area contributed by atoms with Crippen molar-refractivity contribution < 1.29 is 4.79 Å². The molecule has 15 heavy (non-hydrogen) atoms. The van der Waals surface area contributed by atoms with E-state index >= 15 is 0 Å². The van der Waals surface area contributed by atoms with Crippen LogP contribution in [0.25, 0.3) is 0 Å². The van der Waals surface area contributed by atoms with Crippen LogP contribution in [0.4, 0.5) is 0 Å². The number of fused-ring (bicyclic) bond motifs is 1. The van der Waals surface area contributed by atoms with Crippen molar-refractivity contribution >= 4 is 5.78 Å². The van der Waals surface area contributed by atoms with E-state index in [0.29, 0.717) is 6.42 Å². The van der Waals surface area contributed by atoms with Crippen LogP contribution < -0.4 is 0 Å². The van der Waals surface area contributed by atoms with Crippen LogP contribution in [-0.2, 0) is 4.79 Å². The van der Waals surface area contributed by atoms with Gasteiger partial charge < -0.3 is 0 Å². The van der Waals surface area contributed by atoms with Crippen molar-refractivity contribution in [3.63, 3.8) is 0 Å². The van der Waals surface area contributed by atoms with Crippen LogP contribution in [0.1, 0.15) is 46.0 Å². The second-order valence-corrected chi connectivity index (χ2v) is 5.42. The second kappa shape index (κ2) is 3.20. The minimum absolute atomic E-state index is 0.191. The fourth-order valence-electron chi connectivity index (χ4n) is 3.16. The van der Waals surface area contributed by atoms with Crippen molar-refractivity contribution in [1.82, 2.24) is 0 Å². The van der Waals surface area contributed by atoms with E-state index in [1.165, 1.54) is 0 Å². The molecule has 0 radical (unpaired) electrons. The molecule has 1 unspecified atom stereocenters. The zero-order chi connectivity index (χ0) is 11.1. The first-order valence-electron chi connectivity index (χ1n) is 5.67. The van der Waals surface area contributed by atoms with Gasteiger partial charge >= 0.3 is 0 Å². The largest absolute Gasteiger partial charge is 0.295 e. The zero-order valence-corrected chi connectivity index (χ0v) is 9.47. The Balaban J connectivity index is 2.54. The Kier molecular flexibility index (Phi) is 2.22. The van der Waals surface area contributed by atoms with E-state index in [2.05, 4.69) is 19.9 Å². The first-order valence-corrected chi connectivity index (χ1v) is 5.67. The van der Waals surface area contributed by atoms with Crippen LogP contribution in [0.5, 0.6) is 0 Å². The molecule has 0 N–H and O–H groups in total. The molecule has 80 valence electrons. The Bertz CT molecular complexity index is 372. The minimum atomic E-state index is -0.362. The molecule has 0 spiro atoms. The monoisotopic (exact) mass is 203 g/mol. The van der Waals surface area contributed by atoms with Crippen molar-refractivity contribution in [2.75, 3.05) is 0 Å². The normalized spacial score (nSPS) is 33.9. The summed E-state index contributed by atoms with van der Waals surface area (Å²) in [5.41, 5.74) is 0.542. The molecule has 0 aliphatic heterocycles. The summed E-state index contributed by atoms with van der Waals surface area (Å²) in [6.45, 7) is 4.12. The lowest BCUT2D eigenvalue weighted by Gasteiger charge is -2.48. The lowest BCUT2D eigenvalue weighted by atomic mass is 9.53. The van der Waals surface area contributed by atoms with Crippen molar-refractivity contribution in [2.24, 2.45) is 10.8 Å². The van der Waals surface area contributed by atoms with Gasteiger partial charge in [-0.1, -0.05) is 20.3 Å². The summed E-state index contributed by atoms with van der Waals surface area (Å²) in [5.74, 6) is 0.197. The van der Waals surface area contributed by atoms with E-state index in [1.807, 2.05) is 0 Å². The van der Waals surface area contributed by atoms with Crippen LogP contribution in [0.15, 0.2) is 11.6 Å². The summed E-state index contributed by atoms with van der Waals surface area (Å²) in [4.78, 5) is 11.6. The highest BCUT2D eigenvalue weighted by Gasteiger charge is 2.52. The molecule has 2 rings (SSSR count). The molecule has 0 amide bonds. The molecule has 0 aromatic rings. The molecule has 2 heteroatoms. The number of carbonyl (C=O) groups excluding carboxylic acids is 1. The third-order valence-corrected chi connectivity index (χ3v) is 4.09. The van der Waals surface area contributed by atoms with Gasteiger partial charge in [-0.25, -0.2) is 0 Å². The number of hydrogen-bond donors (Lipinski definition) is 0. The average Bonchev–Trinajstić information content (AvgIpc) is 2.16. The maximum atomic E-state index is 11.6. The Morgan fingerprint density at radius 2 is 2.13 bits per heavy atom. The van der Waals surface area contributed by atoms with E-state index in [1.54, 1.807) is 6.08 Å². The number of nitriles is 1. The van der Waals surface area contributed by atoms with E-state index in [4.69, 9.17) is 0 Å². The van der Waals surface area contributed by atoms with Crippen LogP contribution in [0.2, 0.25) is 0 Å². The number of carbonyl (C=O) groups is 1. The SMILES string of the molecule is CC1(C)CC(=O)C=C2CCCCC21C#N. The molecule has 1 fully saturated rings. The molecule has 0 bridgehead atoms. The molecule has 1 atom stereocenters. The van der Waals surface area contributed by atoms with Crippen LogP contribution in [0.3, 0.4) is 0 Å². The average molecular weight is 203 g/mol. The van der Waals surface area contributed by atoms with Crippen molar-refractivity contribution in [2.45, 2.75) is 46.0 Å². The maximum Gasteiger partial charge on any atom is 0.156 e. The Morgan fingerprint density at radius 1 is 1.40 bits per heavy atom. The number of nitrogens with zero attached hydrogens (tertiary/aromatic N) is 1. The van der Waals surface area contributed by atoms with Gasteiger partial charge in [0.1, 0.15) is 0 Å². The van der Waals surface area contributed by atoms with Gasteiger partial charge in [-0.05, 0) is 36.3 Å². The van der Waals surface area contributed by atoms with Crippen molar-refractivity contribution in [3.05, 3.63) is 11.6 Å². The van der Waals surface area contributed by atoms with Crippen LogP contribution in [0, 0.1) is 22.2 Å².